The Morgan fingerprint density at radius 1 is 1.52 bits per heavy atom. The summed E-state index contributed by atoms with van der Waals surface area (Å²) in [4.78, 5) is 40.8. The molecule has 0 aliphatic rings. The number of thiophene rings is 1. The number of hydrogen-bond acceptors (Lipinski definition) is 7. The number of non-ortho nitro benzene ring substituents is 1. The van der Waals surface area contributed by atoms with Crippen molar-refractivity contribution in [3.05, 3.63) is 67.8 Å². The Morgan fingerprint density at radius 3 is 2.97 bits per heavy atom. The Kier molecular flexibility index (Phi) is 6.36. The van der Waals surface area contributed by atoms with Crippen molar-refractivity contribution < 1.29 is 9.72 Å². The number of nitrogens with zero attached hydrogens (tertiary/aromatic N) is 3. The Balaban J connectivity index is 1.86. The molecule has 1 aromatic carbocycles. The number of benzene rings is 1. The fourth-order valence-electron chi connectivity index (χ4n) is 2.48. The van der Waals surface area contributed by atoms with Crippen molar-refractivity contribution in [2.45, 2.75) is 23.9 Å². The molecule has 8 nitrogen and oxygen atoms in total. The van der Waals surface area contributed by atoms with E-state index in [1.165, 1.54) is 34.1 Å². The highest BCUT2D eigenvalue weighted by Crippen LogP contribution is 2.29. The molecule has 0 saturated heterocycles. The molecule has 1 amide bonds. The molecule has 0 aliphatic heterocycles. The molecule has 0 radical (unpaired) electrons. The predicted molar refractivity (Wildman–Crippen MR) is 116 cm³/mol. The molecule has 0 fully saturated rings. The molecule has 1 unspecified atom stereocenters. The Morgan fingerprint density at radius 2 is 2.28 bits per heavy atom. The summed E-state index contributed by atoms with van der Waals surface area (Å²) in [5, 5.41) is 15.8. The third-order valence-electron chi connectivity index (χ3n) is 3.93. The summed E-state index contributed by atoms with van der Waals surface area (Å²) in [7, 11) is 0. The lowest BCUT2D eigenvalue weighted by Gasteiger charge is -2.15. The van der Waals surface area contributed by atoms with Crippen LogP contribution in [-0.4, -0.2) is 25.6 Å². The monoisotopic (exact) mass is 450 g/mol. The summed E-state index contributed by atoms with van der Waals surface area (Å²) in [5.41, 5.74) is -0.244. The van der Waals surface area contributed by atoms with Crippen molar-refractivity contribution >= 4 is 62.2 Å². The molecule has 0 aliphatic carbocycles. The SMILES string of the molecule is C=CCn1c(SC(C)C(=O)Nc2cc([N+](=O)[O-])ccc2Cl)nc2sccc2c1=O. The molecule has 2 aromatic heterocycles. The van der Waals surface area contributed by atoms with Gasteiger partial charge in [0, 0.05) is 18.7 Å². The second kappa shape index (κ2) is 8.76. The van der Waals surface area contributed by atoms with Gasteiger partial charge in [-0.3, -0.25) is 24.3 Å². The van der Waals surface area contributed by atoms with Gasteiger partial charge in [-0.2, -0.15) is 0 Å². The van der Waals surface area contributed by atoms with Gasteiger partial charge in [0.1, 0.15) is 4.83 Å². The van der Waals surface area contributed by atoms with Crippen molar-refractivity contribution in [2.75, 3.05) is 5.32 Å². The first kappa shape index (κ1) is 21.0. The van der Waals surface area contributed by atoms with Crippen LogP contribution in [0.25, 0.3) is 10.2 Å². The lowest BCUT2D eigenvalue weighted by atomic mass is 10.2. The summed E-state index contributed by atoms with van der Waals surface area (Å²) in [6.07, 6.45) is 1.58. The minimum Gasteiger partial charge on any atom is -0.324 e. The van der Waals surface area contributed by atoms with Crippen LogP contribution in [0.15, 0.2) is 52.3 Å². The fourth-order valence-corrected chi connectivity index (χ4v) is 4.37. The highest BCUT2D eigenvalue weighted by Gasteiger charge is 2.21. The molecule has 0 spiro atoms. The van der Waals surface area contributed by atoms with E-state index in [0.717, 1.165) is 11.8 Å². The Labute approximate surface area is 178 Å². The molecule has 150 valence electrons. The van der Waals surface area contributed by atoms with Crippen molar-refractivity contribution in [2.24, 2.45) is 0 Å². The van der Waals surface area contributed by atoms with Gasteiger partial charge in [-0.05, 0) is 24.4 Å². The highest BCUT2D eigenvalue weighted by atomic mass is 35.5. The van der Waals surface area contributed by atoms with E-state index < -0.39 is 16.1 Å². The summed E-state index contributed by atoms with van der Waals surface area (Å²) >= 11 is 8.49. The van der Waals surface area contributed by atoms with Gasteiger partial charge in [0.2, 0.25) is 5.91 Å². The summed E-state index contributed by atoms with van der Waals surface area (Å²) in [5.74, 6) is -0.428. The van der Waals surface area contributed by atoms with Crippen LogP contribution in [0.5, 0.6) is 0 Å². The zero-order valence-electron chi connectivity index (χ0n) is 15.1. The number of nitro benzene ring substituents is 1. The predicted octanol–water partition coefficient (Wildman–Crippen LogP) is 4.32. The van der Waals surface area contributed by atoms with Crippen molar-refractivity contribution in [1.82, 2.24) is 9.55 Å². The maximum atomic E-state index is 12.7. The van der Waals surface area contributed by atoms with E-state index in [1.54, 1.807) is 24.4 Å². The lowest BCUT2D eigenvalue weighted by Crippen LogP contribution is -2.26. The molecule has 29 heavy (non-hydrogen) atoms. The standard InChI is InChI=1S/C18H15ClN4O4S2/c1-3-7-22-17(25)12-6-8-28-16(12)21-18(22)29-10(2)15(24)20-14-9-11(23(26)27)4-5-13(14)19/h3-6,8-10H,1,7H2,2H3,(H,20,24). The topological polar surface area (TPSA) is 107 Å². The number of nitro groups is 1. The van der Waals surface area contributed by atoms with Crippen LogP contribution in [0.3, 0.4) is 0 Å². The molecule has 3 rings (SSSR count). The third kappa shape index (κ3) is 4.50. The van der Waals surface area contributed by atoms with Crippen molar-refractivity contribution in [3.8, 4) is 0 Å². The summed E-state index contributed by atoms with van der Waals surface area (Å²) in [6.45, 7) is 5.57. The normalized spacial score (nSPS) is 11.9. The average Bonchev–Trinajstić information content (AvgIpc) is 3.15. The number of nitrogens with one attached hydrogen (secondary N) is 1. The molecular weight excluding hydrogens is 436 g/mol. The van der Waals surface area contributed by atoms with Crippen LogP contribution < -0.4 is 10.9 Å². The van der Waals surface area contributed by atoms with Gasteiger partial charge in [0.25, 0.3) is 11.2 Å². The van der Waals surface area contributed by atoms with Gasteiger partial charge < -0.3 is 5.32 Å². The van der Waals surface area contributed by atoms with E-state index in [9.17, 15) is 19.7 Å². The van der Waals surface area contributed by atoms with E-state index in [2.05, 4.69) is 16.9 Å². The smallest absolute Gasteiger partial charge is 0.271 e. The fraction of sp³-hybridized carbons (Fsp3) is 0.167. The summed E-state index contributed by atoms with van der Waals surface area (Å²) in [6, 6.07) is 5.51. The van der Waals surface area contributed by atoms with E-state index in [-0.39, 0.29) is 28.5 Å². The maximum Gasteiger partial charge on any atom is 0.271 e. The Bertz CT molecular complexity index is 1170. The van der Waals surface area contributed by atoms with Crippen LogP contribution in [-0.2, 0) is 11.3 Å². The number of anilines is 1. The van der Waals surface area contributed by atoms with Gasteiger partial charge in [-0.25, -0.2) is 4.98 Å². The van der Waals surface area contributed by atoms with Crippen LogP contribution in [0.2, 0.25) is 5.02 Å². The molecule has 11 heteroatoms. The average molecular weight is 451 g/mol. The van der Waals surface area contributed by atoms with E-state index in [1.807, 2.05) is 0 Å². The molecule has 3 aromatic rings. The molecule has 1 N–H and O–H groups in total. The summed E-state index contributed by atoms with van der Waals surface area (Å²) < 4.78 is 1.46. The highest BCUT2D eigenvalue weighted by molar-refractivity contribution is 8.00. The molecule has 2 heterocycles. The number of allylic oxidation sites excluding steroid dienone is 1. The van der Waals surface area contributed by atoms with Gasteiger partial charge in [0.05, 0.1) is 26.3 Å². The number of halogens is 1. The number of carbonyl (C=O) groups is 1. The number of fused-ring (bicyclic) bond motifs is 1. The van der Waals surface area contributed by atoms with Crippen molar-refractivity contribution in [1.29, 1.82) is 0 Å². The minimum atomic E-state index is -0.647. The first-order valence-electron chi connectivity index (χ1n) is 8.32. The number of thioether (sulfide) groups is 1. The minimum absolute atomic E-state index is 0.142. The number of carbonyl (C=O) groups excluding carboxylic acids is 1. The van der Waals surface area contributed by atoms with E-state index in [0.29, 0.717) is 15.4 Å². The van der Waals surface area contributed by atoms with Crippen molar-refractivity contribution in [3.63, 3.8) is 0 Å². The van der Waals surface area contributed by atoms with Crippen LogP contribution in [0, 0.1) is 10.1 Å². The van der Waals surface area contributed by atoms with E-state index >= 15 is 0 Å². The second-order valence-corrected chi connectivity index (χ2v) is 8.52. The maximum absolute atomic E-state index is 12.7. The van der Waals surface area contributed by atoms with Gasteiger partial charge in [-0.1, -0.05) is 29.4 Å². The van der Waals surface area contributed by atoms with Crippen LogP contribution >= 0.6 is 34.7 Å². The molecule has 0 saturated carbocycles. The largest absolute Gasteiger partial charge is 0.324 e. The van der Waals surface area contributed by atoms with Gasteiger partial charge >= 0.3 is 0 Å². The molecular formula is C18H15ClN4O4S2. The zero-order chi connectivity index (χ0) is 21.1. The second-order valence-electron chi connectivity index (χ2n) is 5.91. The number of rotatable bonds is 7. The van der Waals surface area contributed by atoms with Crippen LogP contribution in [0.4, 0.5) is 11.4 Å². The van der Waals surface area contributed by atoms with E-state index in [4.69, 9.17) is 11.6 Å². The quantitative estimate of drug-likeness (QED) is 0.189. The van der Waals surface area contributed by atoms with Gasteiger partial charge in [0.15, 0.2) is 5.16 Å². The number of amides is 1. The lowest BCUT2D eigenvalue weighted by molar-refractivity contribution is -0.384. The first-order chi connectivity index (χ1) is 13.8. The number of aromatic nitrogens is 2. The third-order valence-corrected chi connectivity index (χ3v) is 6.16. The first-order valence-corrected chi connectivity index (χ1v) is 10.5. The molecule has 0 bridgehead atoms. The van der Waals surface area contributed by atoms with Crippen LogP contribution in [0.1, 0.15) is 6.92 Å². The zero-order valence-corrected chi connectivity index (χ0v) is 17.5. The molecule has 1 atom stereocenters. The van der Waals surface area contributed by atoms with Gasteiger partial charge in [-0.15, -0.1) is 17.9 Å². The Hall–Kier alpha value is -2.69. The number of hydrogen-bond donors (Lipinski definition) is 1.